The normalized spacial score (nSPS) is 14.1. The summed E-state index contributed by atoms with van der Waals surface area (Å²) in [7, 11) is 0. The van der Waals surface area contributed by atoms with Crippen LogP contribution in [0.4, 0.5) is 13.2 Å². The van der Waals surface area contributed by atoms with Gasteiger partial charge in [-0.05, 0) is 36.6 Å². The van der Waals surface area contributed by atoms with Crippen LogP contribution in [0, 0.1) is 0 Å². The fourth-order valence-corrected chi connectivity index (χ4v) is 3.04. The van der Waals surface area contributed by atoms with Gasteiger partial charge < -0.3 is 9.42 Å². The number of carbonyl (C=O) groups excluding carboxylic acids is 1. The van der Waals surface area contributed by atoms with E-state index in [0.717, 1.165) is 18.9 Å². The van der Waals surface area contributed by atoms with Gasteiger partial charge in [-0.15, -0.1) is 0 Å². The lowest BCUT2D eigenvalue weighted by Crippen LogP contribution is -2.33. The molecule has 2 heterocycles. The lowest BCUT2D eigenvalue weighted by Gasteiger charge is -2.23. The Labute approximate surface area is 158 Å². The van der Waals surface area contributed by atoms with Crippen molar-refractivity contribution in [3.63, 3.8) is 0 Å². The third-order valence-corrected chi connectivity index (χ3v) is 4.59. The molecule has 0 unspecified atom stereocenters. The minimum absolute atomic E-state index is 0.0613. The number of aromatic nitrogens is 2. The number of carbonyl (C=O) groups is 1. The van der Waals surface area contributed by atoms with E-state index >= 15 is 0 Å². The second-order valence-corrected chi connectivity index (χ2v) is 6.64. The summed E-state index contributed by atoms with van der Waals surface area (Å²) < 4.78 is 45.1. The van der Waals surface area contributed by atoms with Crippen molar-refractivity contribution in [1.29, 1.82) is 0 Å². The second-order valence-electron chi connectivity index (χ2n) is 6.64. The van der Waals surface area contributed by atoms with Crippen LogP contribution in [0.3, 0.4) is 0 Å². The SMILES string of the molecule is O=C(c1cc(-c2cccnc2)on1)N(Cc1ccccc1C(F)(F)F)C1CC1. The van der Waals surface area contributed by atoms with Crippen LogP contribution in [0.25, 0.3) is 11.3 Å². The molecule has 0 N–H and O–H groups in total. The summed E-state index contributed by atoms with van der Waals surface area (Å²) in [5.41, 5.74) is 0.0561. The molecule has 0 saturated heterocycles. The largest absolute Gasteiger partial charge is 0.416 e. The van der Waals surface area contributed by atoms with Gasteiger partial charge in [0.15, 0.2) is 11.5 Å². The summed E-state index contributed by atoms with van der Waals surface area (Å²) in [6, 6.07) is 10.2. The van der Waals surface area contributed by atoms with Crippen molar-refractivity contribution in [1.82, 2.24) is 15.0 Å². The first kappa shape index (κ1) is 18.2. The molecule has 1 aromatic carbocycles. The van der Waals surface area contributed by atoms with Crippen LogP contribution in [0.2, 0.25) is 0 Å². The van der Waals surface area contributed by atoms with Gasteiger partial charge in [0.1, 0.15) is 0 Å². The lowest BCUT2D eigenvalue weighted by molar-refractivity contribution is -0.138. The van der Waals surface area contributed by atoms with Crippen LogP contribution in [0.1, 0.15) is 34.5 Å². The number of rotatable bonds is 5. The first-order chi connectivity index (χ1) is 13.4. The molecule has 3 aromatic rings. The van der Waals surface area contributed by atoms with E-state index in [1.807, 2.05) is 0 Å². The number of halogens is 3. The molecule has 1 amide bonds. The van der Waals surface area contributed by atoms with E-state index in [2.05, 4.69) is 10.1 Å². The first-order valence-electron chi connectivity index (χ1n) is 8.76. The first-order valence-corrected chi connectivity index (χ1v) is 8.76. The van der Waals surface area contributed by atoms with Crippen molar-refractivity contribution in [2.24, 2.45) is 0 Å². The van der Waals surface area contributed by atoms with Crippen molar-refractivity contribution in [3.8, 4) is 11.3 Å². The number of alkyl halides is 3. The van der Waals surface area contributed by atoms with E-state index in [1.54, 1.807) is 24.5 Å². The third-order valence-electron chi connectivity index (χ3n) is 4.59. The van der Waals surface area contributed by atoms with Crippen molar-refractivity contribution >= 4 is 5.91 Å². The molecule has 1 saturated carbocycles. The van der Waals surface area contributed by atoms with Crippen LogP contribution >= 0.6 is 0 Å². The average molecular weight is 387 g/mol. The molecule has 1 fully saturated rings. The highest BCUT2D eigenvalue weighted by molar-refractivity contribution is 5.93. The predicted molar refractivity (Wildman–Crippen MR) is 94.1 cm³/mol. The van der Waals surface area contributed by atoms with E-state index in [1.165, 1.54) is 29.2 Å². The van der Waals surface area contributed by atoms with Crippen LogP contribution in [0.5, 0.6) is 0 Å². The van der Waals surface area contributed by atoms with Crippen molar-refractivity contribution in [2.75, 3.05) is 0 Å². The Kier molecular flexibility index (Phi) is 4.62. The fourth-order valence-electron chi connectivity index (χ4n) is 3.04. The van der Waals surface area contributed by atoms with Gasteiger partial charge in [-0.25, -0.2) is 0 Å². The Morgan fingerprint density at radius 2 is 1.96 bits per heavy atom. The van der Waals surface area contributed by atoms with E-state index in [0.29, 0.717) is 11.3 Å². The highest BCUT2D eigenvalue weighted by Crippen LogP contribution is 2.35. The van der Waals surface area contributed by atoms with Gasteiger partial charge in [0.25, 0.3) is 5.91 Å². The summed E-state index contributed by atoms with van der Waals surface area (Å²) in [4.78, 5) is 18.4. The molecule has 8 heteroatoms. The molecule has 2 aromatic heterocycles. The van der Waals surface area contributed by atoms with E-state index in [-0.39, 0.29) is 23.8 Å². The fraction of sp³-hybridized carbons (Fsp3) is 0.250. The topological polar surface area (TPSA) is 59.2 Å². The Morgan fingerprint density at radius 3 is 2.64 bits per heavy atom. The zero-order valence-electron chi connectivity index (χ0n) is 14.7. The van der Waals surface area contributed by atoms with Gasteiger partial charge >= 0.3 is 6.18 Å². The van der Waals surface area contributed by atoms with Crippen LogP contribution in [-0.2, 0) is 12.7 Å². The van der Waals surface area contributed by atoms with Crippen LogP contribution in [0.15, 0.2) is 59.4 Å². The zero-order valence-corrected chi connectivity index (χ0v) is 14.7. The minimum Gasteiger partial charge on any atom is -0.355 e. The maximum Gasteiger partial charge on any atom is 0.416 e. The highest BCUT2D eigenvalue weighted by Gasteiger charge is 2.38. The smallest absolute Gasteiger partial charge is 0.355 e. The maximum atomic E-state index is 13.3. The van der Waals surface area contributed by atoms with Gasteiger partial charge in [0.2, 0.25) is 0 Å². The summed E-state index contributed by atoms with van der Waals surface area (Å²) in [6.45, 7) is -0.131. The molecule has 0 bridgehead atoms. The summed E-state index contributed by atoms with van der Waals surface area (Å²) >= 11 is 0. The molecule has 0 aliphatic heterocycles. The third kappa shape index (κ3) is 3.76. The number of benzene rings is 1. The molecule has 5 nitrogen and oxygen atoms in total. The molecule has 0 atom stereocenters. The van der Waals surface area contributed by atoms with Gasteiger partial charge in [0, 0.05) is 36.6 Å². The molecule has 4 rings (SSSR count). The Bertz CT molecular complexity index is 982. The highest BCUT2D eigenvalue weighted by atomic mass is 19.4. The van der Waals surface area contributed by atoms with Gasteiger partial charge in [-0.2, -0.15) is 13.2 Å². The van der Waals surface area contributed by atoms with Crippen molar-refractivity contribution in [2.45, 2.75) is 31.6 Å². The second kappa shape index (κ2) is 7.10. The molecular weight excluding hydrogens is 371 g/mol. The summed E-state index contributed by atoms with van der Waals surface area (Å²) in [6.07, 6.45) is 0.225. The van der Waals surface area contributed by atoms with Crippen LogP contribution < -0.4 is 0 Å². The summed E-state index contributed by atoms with van der Waals surface area (Å²) in [5.74, 6) is -0.0683. The maximum absolute atomic E-state index is 13.3. The van der Waals surface area contributed by atoms with Crippen LogP contribution in [-0.4, -0.2) is 27.0 Å². The van der Waals surface area contributed by atoms with Gasteiger partial charge in [-0.3, -0.25) is 9.78 Å². The van der Waals surface area contributed by atoms with Gasteiger partial charge in [0.05, 0.1) is 5.56 Å². The van der Waals surface area contributed by atoms with Gasteiger partial charge in [-0.1, -0.05) is 23.4 Å². The number of hydrogen-bond donors (Lipinski definition) is 0. The molecule has 28 heavy (non-hydrogen) atoms. The Balaban J connectivity index is 1.60. The zero-order chi connectivity index (χ0) is 19.7. The monoisotopic (exact) mass is 387 g/mol. The molecule has 1 aliphatic rings. The van der Waals surface area contributed by atoms with E-state index in [9.17, 15) is 18.0 Å². The molecular formula is C20H16F3N3O2. The van der Waals surface area contributed by atoms with E-state index < -0.39 is 17.6 Å². The molecule has 0 spiro atoms. The Morgan fingerprint density at radius 1 is 1.18 bits per heavy atom. The van der Waals surface area contributed by atoms with E-state index in [4.69, 9.17) is 4.52 Å². The Hall–Kier alpha value is -3.16. The predicted octanol–water partition coefficient (Wildman–Crippen LogP) is 4.56. The average Bonchev–Trinajstić information content (AvgIpc) is 3.41. The number of pyridine rings is 1. The number of nitrogens with zero attached hydrogens (tertiary/aromatic N) is 3. The molecule has 1 aliphatic carbocycles. The quantitative estimate of drug-likeness (QED) is 0.644. The standard InChI is InChI=1S/C20H16F3N3O2/c21-20(22,23)16-6-2-1-4-14(16)12-26(15-7-8-15)19(27)17-10-18(28-25-17)13-5-3-9-24-11-13/h1-6,9-11,15H,7-8,12H2. The lowest BCUT2D eigenvalue weighted by atomic mass is 10.1. The van der Waals surface area contributed by atoms with Crippen molar-refractivity contribution < 1.29 is 22.5 Å². The number of hydrogen-bond acceptors (Lipinski definition) is 4. The number of amides is 1. The molecule has 0 radical (unpaired) electrons. The minimum atomic E-state index is -4.48. The molecule has 144 valence electrons. The van der Waals surface area contributed by atoms with Crippen molar-refractivity contribution in [3.05, 3.63) is 71.7 Å². The summed E-state index contributed by atoms with van der Waals surface area (Å²) in [5, 5.41) is 3.82.